The summed E-state index contributed by atoms with van der Waals surface area (Å²) in [6.07, 6.45) is 3.96. The van der Waals surface area contributed by atoms with Crippen molar-refractivity contribution < 1.29 is 4.39 Å². The summed E-state index contributed by atoms with van der Waals surface area (Å²) in [4.78, 5) is 0. The van der Waals surface area contributed by atoms with Crippen molar-refractivity contribution in [3.05, 3.63) is 69.9 Å². The van der Waals surface area contributed by atoms with E-state index in [4.69, 9.17) is 0 Å². The number of rotatable bonds is 2. The Morgan fingerprint density at radius 3 is 1.69 bits per heavy atom. The predicted molar refractivity (Wildman–Crippen MR) is 69.5 cm³/mol. The van der Waals surface area contributed by atoms with Crippen LogP contribution in [0.25, 0.3) is 12.2 Å². The number of hydrogen-bond acceptors (Lipinski definition) is 0. The van der Waals surface area contributed by atoms with Gasteiger partial charge in [-0.3, -0.25) is 0 Å². The molecule has 2 heteroatoms. The van der Waals surface area contributed by atoms with E-state index in [1.807, 2.05) is 36.4 Å². The molecule has 0 radical (unpaired) electrons. The molecule has 0 saturated carbocycles. The molecule has 0 aliphatic heterocycles. The van der Waals surface area contributed by atoms with Gasteiger partial charge in [0.15, 0.2) is 0 Å². The summed E-state index contributed by atoms with van der Waals surface area (Å²) in [7, 11) is 0. The maximum absolute atomic E-state index is 12.7. The van der Waals surface area contributed by atoms with Crippen molar-refractivity contribution >= 4 is 28.1 Å². The van der Waals surface area contributed by atoms with Crippen LogP contribution in [0.4, 0.5) is 4.39 Å². The molecule has 0 saturated heterocycles. The Bertz CT molecular complexity index is 436. The van der Waals surface area contributed by atoms with Gasteiger partial charge in [-0.15, -0.1) is 0 Å². The minimum absolute atomic E-state index is 0.208. The molecule has 80 valence electrons. The van der Waals surface area contributed by atoms with E-state index in [0.29, 0.717) is 0 Å². The van der Waals surface area contributed by atoms with Crippen LogP contribution >= 0.6 is 15.9 Å². The molecule has 0 spiro atoms. The minimum atomic E-state index is -0.208. The van der Waals surface area contributed by atoms with E-state index >= 15 is 0 Å². The Kier molecular flexibility index (Phi) is 3.52. The van der Waals surface area contributed by atoms with Crippen LogP contribution in [0.2, 0.25) is 0 Å². The summed E-state index contributed by atoms with van der Waals surface area (Å²) in [5.74, 6) is -0.208. The molecule has 0 heterocycles. The first kappa shape index (κ1) is 11.1. The summed E-state index contributed by atoms with van der Waals surface area (Å²) in [6.45, 7) is 0. The molecule has 2 aromatic rings. The van der Waals surface area contributed by atoms with Crippen LogP contribution in [0.3, 0.4) is 0 Å². The van der Waals surface area contributed by atoms with Gasteiger partial charge in [0, 0.05) is 4.47 Å². The molecular formula is C14H10BrF. The summed E-state index contributed by atoms with van der Waals surface area (Å²) >= 11 is 3.38. The monoisotopic (exact) mass is 276 g/mol. The van der Waals surface area contributed by atoms with Gasteiger partial charge in [0.05, 0.1) is 0 Å². The topological polar surface area (TPSA) is 0 Å². The second-order valence-corrected chi connectivity index (χ2v) is 4.35. The normalized spacial score (nSPS) is 10.9. The predicted octanol–water partition coefficient (Wildman–Crippen LogP) is 4.76. The molecule has 2 rings (SSSR count). The third kappa shape index (κ3) is 3.04. The summed E-state index contributed by atoms with van der Waals surface area (Å²) < 4.78 is 13.7. The maximum atomic E-state index is 12.7. The molecule has 0 nitrogen and oxygen atoms in total. The lowest BCUT2D eigenvalue weighted by Crippen LogP contribution is -1.75. The van der Waals surface area contributed by atoms with E-state index in [1.165, 1.54) is 12.1 Å². The Morgan fingerprint density at radius 1 is 0.750 bits per heavy atom. The first-order valence-corrected chi connectivity index (χ1v) is 5.72. The van der Waals surface area contributed by atoms with Crippen LogP contribution in [-0.2, 0) is 0 Å². The third-order valence-electron chi connectivity index (χ3n) is 2.21. The lowest BCUT2D eigenvalue weighted by atomic mass is 10.1. The summed E-state index contributed by atoms with van der Waals surface area (Å²) in [5, 5.41) is 0. The smallest absolute Gasteiger partial charge is 0.123 e. The molecule has 0 atom stereocenters. The van der Waals surface area contributed by atoms with Gasteiger partial charge in [0.25, 0.3) is 0 Å². The molecule has 0 unspecified atom stereocenters. The second-order valence-electron chi connectivity index (χ2n) is 3.44. The van der Waals surface area contributed by atoms with Crippen molar-refractivity contribution in [3.8, 4) is 0 Å². The van der Waals surface area contributed by atoms with Gasteiger partial charge in [0.1, 0.15) is 5.82 Å². The molecule has 0 aromatic heterocycles. The van der Waals surface area contributed by atoms with Crippen molar-refractivity contribution in [2.45, 2.75) is 0 Å². The van der Waals surface area contributed by atoms with Gasteiger partial charge < -0.3 is 0 Å². The lowest BCUT2D eigenvalue weighted by molar-refractivity contribution is 0.628. The van der Waals surface area contributed by atoms with Gasteiger partial charge in [-0.1, -0.05) is 52.3 Å². The first-order chi connectivity index (χ1) is 7.74. The van der Waals surface area contributed by atoms with Crippen LogP contribution in [0, 0.1) is 5.82 Å². The number of halogens is 2. The van der Waals surface area contributed by atoms with Gasteiger partial charge in [0.2, 0.25) is 0 Å². The standard InChI is InChI=1S/C14H10BrF/c15-13-7-3-11(4-8-13)1-2-12-5-9-14(16)10-6-12/h1-10H/b2-1-. The zero-order chi connectivity index (χ0) is 11.4. The Labute approximate surface area is 103 Å². The molecule has 0 bridgehead atoms. The number of hydrogen-bond donors (Lipinski definition) is 0. The molecule has 0 aliphatic rings. The van der Waals surface area contributed by atoms with E-state index in [2.05, 4.69) is 15.9 Å². The maximum Gasteiger partial charge on any atom is 0.123 e. The summed E-state index contributed by atoms with van der Waals surface area (Å²) in [6, 6.07) is 14.4. The zero-order valence-corrected chi connectivity index (χ0v) is 10.1. The molecule has 0 N–H and O–H groups in total. The highest BCUT2D eigenvalue weighted by Gasteiger charge is 1.90. The largest absolute Gasteiger partial charge is 0.207 e. The van der Waals surface area contributed by atoms with E-state index in [0.717, 1.165) is 15.6 Å². The molecule has 0 fully saturated rings. The Balaban J connectivity index is 2.15. The molecule has 0 amide bonds. The average molecular weight is 277 g/mol. The van der Waals surface area contributed by atoms with Gasteiger partial charge >= 0.3 is 0 Å². The molecule has 0 aliphatic carbocycles. The third-order valence-corrected chi connectivity index (χ3v) is 2.74. The fourth-order valence-electron chi connectivity index (χ4n) is 1.34. The number of benzene rings is 2. The highest BCUT2D eigenvalue weighted by atomic mass is 79.9. The fourth-order valence-corrected chi connectivity index (χ4v) is 1.60. The quantitative estimate of drug-likeness (QED) is 0.694. The van der Waals surface area contributed by atoms with Gasteiger partial charge in [-0.25, -0.2) is 4.39 Å². The van der Waals surface area contributed by atoms with Crippen molar-refractivity contribution in [1.29, 1.82) is 0 Å². The van der Waals surface area contributed by atoms with Crippen molar-refractivity contribution in [2.24, 2.45) is 0 Å². The Morgan fingerprint density at radius 2 is 1.19 bits per heavy atom. The SMILES string of the molecule is Fc1ccc(/C=C\c2ccc(Br)cc2)cc1. The van der Waals surface area contributed by atoms with Crippen molar-refractivity contribution in [3.63, 3.8) is 0 Å². The van der Waals surface area contributed by atoms with Crippen LogP contribution in [-0.4, -0.2) is 0 Å². The minimum Gasteiger partial charge on any atom is -0.207 e. The van der Waals surface area contributed by atoms with Gasteiger partial charge in [-0.2, -0.15) is 0 Å². The van der Waals surface area contributed by atoms with Crippen molar-refractivity contribution in [2.75, 3.05) is 0 Å². The van der Waals surface area contributed by atoms with Crippen molar-refractivity contribution in [1.82, 2.24) is 0 Å². The highest BCUT2D eigenvalue weighted by Crippen LogP contribution is 2.13. The molecular weight excluding hydrogens is 267 g/mol. The van der Waals surface area contributed by atoms with Crippen LogP contribution < -0.4 is 0 Å². The zero-order valence-electron chi connectivity index (χ0n) is 8.53. The Hall–Kier alpha value is -1.41. The van der Waals surface area contributed by atoms with Gasteiger partial charge in [-0.05, 0) is 35.4 Å². The average Bonchev–Trinajstić information content (AvgIpc) is 2.30. The lowest BCUT2D eigenvalue weighted by Gasteiger charge is -1.95. The van der Waals surface area contributed by atoms with E-state index in [1.54, 1.807) is 12.1 Å². The molecule has 2 aromatic carbocycles. The van der Waals surface area contributed by atoms with E-state index in [9.17, 15) is 4.39 Å². The summed E-state index contributed by atoms with van der Waals surface area (Å²) in [5.41, 5.74) is 2.11. The van der Waals surface area contributed by atoms with Crippen LogP contribution in [0.1, 0.15) is 11.1 Å². The second kappa shape index (κ2) is 5.08. The highest BCUT2D eigenvalue weighted by molar-refractivity contribution is 9.10. The molecule has 16 heavy (non-hydrogen) atoms. The van der Waals surface area contributed by atoms with E-state index < -0.39 is 0 Å². The van der Waals surface area contributed by atoms with Crippen LogP contribution in [0.5, 0.6) is 0 Å². The first-order valence-electron chi connectivity index (χ1n) is 4.93. The van der Waals surface area contributed by atoms with E-state index in [-0.39, 0.29) is 5.82 Å². The fraction of sp³-hybridized carbons (Fsp3) is 0. The van der Waals surface area contributed by atoms with Crippen LogP contribution in [0.15, 0.2) is 53.0 Å².